The highest BCUT2D eigenvalue weighted by Gasteiger charge is 2.21. The van der Waals surface area contributed by atoms with Crippen molar-refractivity contribution in [2.24, 2.45) is 5.73 Å². The SMILES string of the molecule is CC1CCCCN1C(=O)CCN.Cl. The number of halogens is 1. The standard InChI is InChI=1S/C9H18N2O.ClH/c1-8-4-2-3-7-11(8)9(12)5-6-10;/h8H,2-7,10H2,1H3;1H. The third-order valence-electron chi connectivity index (χ3n) is 2.48. The van der Waals surface area contributed by atoms with Crippen LogP contribution in [0.1, 0.15) is 32.6 Å². The fourth-order valence-electron chi connectivity index (χ4n) is 1.74. The summed E-state index contributed by atoms with van der Waals surface area (Å²) in [6, 6.07) is 0.429. The van der Waals surface area contributed by atoms with Crippen molar-refractivity contribution in [2.75, 3.05) is 13.1 Å². The zero-order valence-corrected chi connectivity index (χ0v) is 8.98. The summed E-state index contributed by atoms with van der Waals surface area (Å²) >= 11 is 0. The predicted octanol–water partition coefficient (Wildman–Crippen LogP) is 1.16. The zero-order chi connectivity index (χ0) is 8.97. The molecule has 0 aromatic heterocycles. The minimum absolute atomic E-state index is 0. The maximum Gasteiger partial charge on any atom is 0.224 e. The Kier molecular flexibility index (Phi) is 6.08. The van der Waals surface area contributed by atoms with Crippen LogP contribution >= 0.6 is 12.4 Å². The molecule has 0 aliphatic carbocycles. The van der Waals surface area contributed by atoms with Crippen molar-refractivity contribution in [2.45, 2.75) is 38.6 Å². The molecule has 78 valence electrons. The summed E-state index contributed by atoms with van der Waals surface area (Å²) < 4.78 is 0. The summed E-state index contributed by atoms with van der Waals surface area (Å²) in [5.41, 5.74) is 5.33. The molecular weight excluding hydrogens is 188 g/mol. The molecule has 1 atom stereocenters. The van der Waals surface area contributed by atoms with Gasteiger partial charge in [-0.3, -0.25) is 4.79 Å². The van der Waals surface area contributed by atoms with Gasteiger partial charge in [-0.05, 0) is 26.2 Å². The average Bonchev–Trinajstić information content (AvgIpc) is 2.05. The van der Waals surface area contributed by atoms with Crippen molar-refractivity contribution < 1.29 is 4.79 Å². The summed E-state index contributed by atoms with van der Waals surface area (Å²) in [6.45, 7) is 3.52. The average molecular weight is 207 g/mol. The predicted molar refractivity (Wildman–Crippen MR) is 55.9 cm³/mol. The minimum Gasteiger partial charge on any atom is -0.340 e. The first-order valence-corrected chi connectivity index (χ1v) is 4.75. The fraction of sp³-hybridized carbons (Fsp3) is 0.889. The maximum absolute atomic E-state index is 11.5. The van der Waals surface area contributed by atoms with E-state index in [9.17, 15) is 4.79 Å². The van der Waals surface area contributed by atoms with E-state index in [1.54, 1.807) is 0 Å². The van der Waals surface area contributed by atoms with E-state index >= 15 is 0 Å². The molecule has 0 spiro atoms. The van der Waals surface area contributed by atoms with Gasteiger partial charge in [0.1, 0.15) is 0 Å². The molecule has 0 bridgehead atoms. The van der Waals surface area contributed by atoms with Gasteiger partial charge < -0.3 is 10.6 Å². The topological polar surface area (TPSA) is 46.3 Å². The van der Waals surface area contributed by atoms with Gasteiger partial charge in [-0.15, -0.1) is 12.4 Å². The maximum atomic E-state index is 11.5. The van der Waals surface area contributed by atoms with Crippen molar-refractivity contribution in [1.82, 2.24) is 4.90 Å². The molecule has 3 nitrogen and oxygen atoms in total. The van der Waals surface area contributed by atoms with Crippen molar-refractivity contribution >= 4 is 18.3 Å². The first-order chi connectivity index (χ1) is 5.75. The van der Waals surface area contributed by atoms with Crippen LogP contribution in [0.5, 0.6) is 0 Å². The van der Waals surface area contributed by atoms with Crippen LogP contribution in [0.25, 0.3) is 0 Å². The van der Waals surface area contributed by atoms with E-state index in [-0.39, 0.29) is 18.3 Å². The molecule has 1 heterocycles. The van der Waals surface area contributed by atoms with Crippen molar-refractivity contribution in [1.29, 1.82) is 0 Å². The molecule has 0 aromatic rings. The molecule has 1 rings (SSSR count). The van der Waals surface area contributed by atoms with Crippen LogP contribution in [0.4, 0.5) is 0 Å². The van der Waals surface area contributed by atoms with Gasteiger partial charge in [0.05, 0.1) is 0 Å². The Morgan fingerprint density at radius 1 is 1.54 bits per heavy atom. The van der Waals surface area contributed by atoms with E-state index in [0.29, 0.717) is 19.0 Å². The van der Waals surface area contributed by atoms with Gasteiger partial charge in [0.2, 0.25) is 5.91 Å². The molecule has 1 unspecified atom stereocenters. The van der Waals surface area contributed by atoms with Crippen molar-refractivity contribution in [3.8, 4) is 0 Å². The normalized spacial score (nSPS) is 22.3. The largest absolute Gasteiger partial charge is 0.340 e. The number of rotatable bonds is 2. The summed E-state index contributed by atoms with van der Waals surface area (Å²) in [4.78, 5) is 13.4. The highest BCUT2D eigenvalue weighted by Crippen LogP contribution is 2.16. The number of amides is 1. The van der Waals surface area contributed by atoms with Gasteiger partial charge in [-0.1, -0.05) is 0 Å². The Morgan fingerprint density at radius 3 is 2.77 bits per heavy atom. The second kappa shape index (κ2) is 6.22. The van der Waals surface area contributed by atoms with Gasteiger partial charge in [-0.25, -0.2) is 0 Å². The molecule has 13 heavy (non-hydrogen) atoms. The first kappa shape index (κ1) is 12.7. The Hall–Kier alpha value is -0.280. The lowest BCUT2D eigenvalue weighted by molar-refractivity contribution is -0.134. The van der Waals surface area contributed by atoms with Crippen molar-refractivity contribution in [3.05, 3.63) is 0 Å². The highest BCUT2D eigenvalue weighted by molar-refractivity contribution is 5.85. The van der Waals surface area contributed by atoms with E-state index in [1.165, 1.54) is 6.42 Å². The van der Waals surface area contributed by atoms with Crippen LogP contribution in [0.15, 0.2) is 0 Å². The molecular formula is C9H19ClN2O. The quantitative estimate of drug-likeness (QED) is 0.737. The number of nitrogens with two attached hydrogens (primary N) is 1. The van der Waals surface area contributed by atoms with Gasteiger partial charge in [-0.2, -0.15) is 0 Å². The van der Waals surface area contributed by atoms with Gasteiger partial charge in [0.15, 0.2) is 0 Å². The molecule has 4 heteroatoms. The molecule has 0 radical (unpaired) electrons. The number of hydrogen-bond donors (Lipinski definition) is 1. The molecule has 1 fully saturated rings. The summed E-state index contributed by atoms with van der Waals surface area (Å²) in [5, 5.41) is 0. The third-order valence-corrected chi connectivity index (χ3v) is 2.48. The van der Waals surface area contributed by atoms with Crippen LogP contribution in [-0.2, 0) is 4.79 Å². The number of likely N-dealkylation sites (tertiary alicyclic amines) is 1. The van der Waals surface area contributed by atoms with E-state index < -0.39 is 0 Å². The van der Waals surface area contributed by atoms with Crippen LogP contribution in [0, 0.1) is 0 Å². The van der Waals surface area contributed by atoms with Crippen LogP contribution in [0.3, 0.4) is 0 Å². The minimum atomic E-state index is 0. The van der Waals surface area contributed by atoms with Gasteiger partial charge >= 0.3 is 0 Å². The molecule has 0 saturated carbocycles. The fourth-order valence-corrected chi connectivity index (χ4v) is 1.74. The number of nitrogens with zero attached hydrogens (tertiary/aromatic N) is 1. The number of carbonyl (C=O) groups is 1. The second-order valence-corrected chi connectivity index (χ2v) is 3.47. The Morgan fingerprint density at radius 2 is 2.23 bits per heavy atom. The number of piperidine rings is 1. The number of hydrogen-bond acceptors (Lipinski definition) is 2. The van der Waals surface area contributed by atoms with Crippen LogP contribution in [-0.4, -0.2) is 29.9 Å². The van der Waals surface area contributed by atoms with Crippen LogP contribution < -0.4 is 5.73 Å². The summed E-state index contributed by atoms with van der Waals surface area (Å²) in [7, 11) is 0. The van der Waals surface area contributed by atoms with Crippen LogP contribution in [0.2, 0.25) is 0 Å². The first-order valence-electron chi connectivity index (χ1n) is 4.75. The molecule has 2 N–H and O–H groups in total. The van der Waals surface area contributed by atoms with E-state index in [4.69, 9.17) is 5.73 Å². The second-order valence-electron chi connectivity index (χ2n) is 3.47. The molecule has 1 amide bonds. The highest BCUT2D eigenvalue weighted by atomic mass is 35.5. The lowest BCUT2D eigenvalue weighted by Crippen LogP contribution is -2.42. The molecule has 1 aliphatic rings. The number of carbonyl (C=O) groups excluding carboxylic acids is 1. The monoisotopic (exact) mass is 206 g/mol. The van der Waals surface area contributed by atoms with E-state index in [1.807, 2.05) is 4.90 Å². The van der Waals surface area contributed by atoms with Gasteiger partial charge in [0.25, 0.3) is 0 Å². The Labute approximate surface area is 86.1 Å². The lowest BCUT2D eigenvalue weighted by Gasteiger charge is -2.33. The summed E-state index contributed by atoms with van der Waals surface area (Å²) in [5.74, 6) is 0.227. The summed E-state index contributed by atoms with van der Waals surface area (Å²) in [6.07, 6.45) is 4.06. The van der Waals surface area contributed by atoms with E-state index in [2.05, 4.69) is 6.92 Å². The van der Waals surface area contributed by atoms with Crippen molar-refractivity contribution in [3.63, 3.8) is 0 Å². The molecule has 0 aromatic carbocycles. The Balaban J connectivity index is 0.00000144. The smallest absolute Gasteiger partial charge is 0.224 e. The molecule has 1 aliphatic heterocycles. The lowest BCUT2D eigenvalue weighted by atomic mass is 10.0. The third kappa shape index (κ3) is 3.53. The molecule has 1 saturated heterocycles. The Bertz CT molecular complexity index is 164. The van der Waals surface area contributed by atoms with E-state index in [0.717, 1.165) is 19.4 Å². The zero-order valence-electron chi connectivity index (χ0n) is 8.16. The van der Waals surface area contributed by atoms with Gasteiger partial charge in [0, 0.05) is 25.6 Å².